The lowest BCUT2D eigenvalue weighted by Gasteiger charge is -2.33. The molecule has 0 unspecified atom stereocenters. The second-order valence-electron chi connectivity index (χ2n) is 5.22. The van der Waals surface area contributed by atoms with Gasteiger partial charge in [0, 0.05) is 13.1 Å². The van der Waals surface area contributed by atoms with Crippen molar-refractivity contribution in [3.05, 3.63) is 17.8 Å². The number of hydrogen-bond donors (Lipinski definition) is 2. The number of piperidine rings is 1. The summed E-state index contributed by atoms with van der Waals surface area (Å²) in [7, 11) is 0. The fraction of sp³-hybridized carbons (Fsp3) is 0.571. The molecular formula is C14H22N4O. The number of amides is 1. The van der Waals surface area contributed by atoms with E-state index in [1.165, 1.54) is 12.8 Å². The van der Waals surface area contributed by atoms with Gasteiger partial charge in [0.05, 0.1) is 17.4 Å². The van der Waals surface area contributed by atoms with Gasteiger partial charge >= 0.3 is 0 Å². The van der Waals surface area contributed by atoms with Crippen LogP contribution in [0.5, 0.6) is 0 Å². The van der Waals surface area contributed by atoms with Crippen molar-refractivity contribution in [1.82, 2.24) is 4.98 Å². The smallest absolute Gasteiger partial charge is 0.252 e. The summed E-state index contributed by atoms with van der Waals surface area (Å²) in [4.78, 5) is 17.9. The van der Waals surface area contributed by atoms with Gasteiger partial charge in [0.25, 0.3) is 5.91 Å². The first kappa shape index (κ1) is 13.6. The maximum atomic E-state index is 11.5. The van der Waals surface area contributed by atoms with Gasteiger partial charge in [0.1, 0.15) is 5.82 Å². The summed E-state index contributed by atoms with van der Waals surface area (Å²) in [6, 6.07) is 1.61. The van der Waals surface area contributed by atoms with Crippen LogP contribution in [-0.2, 0) is 0 Å². The van der Waals surface area contributed by atoms with Crippen molar-refractivity contribution in [1.29, 1.82) is 0 Å². The lowest BCUT2D eigenvalue weighted by atomic mass is 9.92. The molecule has 1 fully saturated rings. The number of primary amides is 1. The highest BCUT2D eigenvalue weighted by molar-refractivity contribution is 5.98. The van der Waals surface area contributed by atoms with Crippen molar-refractivity contribution in [2.75, 3.05) is 23.7 Å². The second-order valence-corrected chi connectivity index (χ2v) is 5.22. The van der Waals surface area contributed by atoms with E-state index in [1.807, 2.05) is 0 Å². The lowest BCUT2D eigenvalue weighted by molar-refractivity contribution is 0.100. The lowest BCUT2D eigenvalue weighted by Crippen LogP contribution is -2.35. The van der Waals surface area contributed by atoms with E-state index in [1.54, 1.807) is 12.3 Å². The highest BCUT2D eigenvalue weighted by Gasteiger charge is 2.22. The molecule has 0 aromatic carbocycles. The standard InChI is InChI=1S/C14H22N4O/c1-2-3-10-4-6-18(7-5-10)14-12(13(16)19)8-11(15)9-17-14/h8-10H,2-7,15H2,1H3,(H2,16,19). The van der Waals surface area contributed by atoms with Gasteiger partial charge in [-0.15, -0.1) is 0 Å². The topological polar surface area (TPSA) is 85.2 Å². The highest BCUT2D eigenvalue weighted by Crippen LogP contribution is 2.27. The molecule has 1 saturated heterocycles. The Hall–Kier alpha value is -1.78. The first-order valence-corrected chi connectivity index (χ1v) is 6.92. The average molecular weight is 262 g/mol. The molecule has 2 rings (SSSR count). The van der Waals surface area contributed by atoms with Crippen LogP contribution in [0.3, 0.4) is 0 Å². The van der Waals surface area contributed by atoms with Crippen LogP contribution in [0.4, 0.5) is 11.5 Å². The Bertz CT molecular complexity index is 453. The number of nitrogens with zero attached hydrogens (tertiary/aromatic N) is 2. The van der Waals surface area contributed by atoms with Gasteiger partial charge in [-0.1, -0.05) is 19.8 Å². The highest BCUT2D eigenvalue weighted by atomic mass is 16.1. The molecule has 1 aromatic heterocycles. The first-order valence-electron chi connectivity index (χ1n) is 6.92. The largest absolute Gasteiger partial charge is 0.397 e. The minimum Gasteiger partial charge on any atom is -0.397 e. The summed E-state index contributed by atoms with van der Waals surface area (Å²) >= 11 is 0. The number of nitrogen functional groups attached to an aromatic ring is 1. The Labute approximate surface area is 114 Å². The van der Waals surface area contributed by atoms with Crippen molar-refractivity contribution in [2.24, 2.45) is 11.7 Å². The minimum atomic E-state index is -0.467. The summed E-state index contributed by atoms with van der Waals surface area (Å²) in [6.07, 6.45) is 6.40. The zero-order chi connectivity index (χ0) is 13.8. The zero-order valence-electron chi connectivity index (χ0n) is 11.4. The van der Waals surface area contributed by atoms with Crippen molar-refractivity contribution in [3.8, 4) is 0 Å². The van der Waals surface area contributed by atoms with Gasteiger partial charge in [-0.05, 0) is 24.8 Å². The molecule has 0 aliphatic carbocycles. The van der Waals surface area contributed by atoms with E-state index in [0.29, 0.717) is 17.1 Å². The number of anilines is 2. The third kappa shape index (κ3) is 3.16. The minimum absolute atomic E-state index is 0.425. The Kier molecular flexibility index (Phi) is 4.24. The maximum Gasteiger partial charge on any atom is 0.252 e. The SMILES string of the molecule is CCCC1CCN(c2ncc(N)cc2C(N)=O)CC1. The molecular weight excluding hydrogens is 240 g/mol. The number of pyridine rings is 1. The van der Waals surface area contributed by atoms with E-state index in [2.05, 4.69) is 16.8 Å². The van der Waals surface area contributed by atoms with Gasteiger partial charge in [-0.3, -0.25) is 4.79 Å². The summed E-state index contributed by atoms with van der Waals surface area (Å²) in [6.45, 7) is 4.09. The summed E-state index contributed by atoms with van der Waals surface area (Å²) in [5.41, 5.74) is 12.0. The molecule has 0 spiro atoms. The Morgan fingerprint density at radius 1 is 1.47 bits per heavy atom. The molecule has 4 N–H and O–H groups in total. The number of hydrogen-bond acceptors (Lipinski definition) is 4. The van der Waals surface area contributed by atoms with Gasteiger partial charge in [0.15, 0.2) is 0 Å². The second kappa shape index (κ2) is 5.91. The van der Waals surface area contributed by atoms with E-state index < -0.39 is 5.91 Å². The van der Waals surface area contributed by atoms with Crippen LogP contribution in [0.25, 0.3) is 0 Å². The molecule has 5 nitrogen and oxygen atoms in total. The number of carbonyl (C=O) groups is 1. The molecule has 104 valence electrons. The van der Waals surface area contributed by atoms with Crippen LogP contribution in [0, 0.1) is 5.92 Å². The summed E-state index contributed by atoms with van der Waals surface area (Å²) in [5.74, 6) is 1.01. The molecule has 0 atom stereocenters. The van der Waals surface area contributed by atoms with Crippen LogP contribution in [0.1, 0.15) is 43.0 Å². The van der Waals surface area contributed by atoms with Gasteiger partial charge in [-0.2, -0.15) is 0 Å². The third-order valence-electron chi connectivity index (χ3n) is 3.76. The molecule has 2 heterocycles. The monoisotopic (exact) mass is 262 g/mol. The zero-order valence-corrected chi connectivity index (χ0v) is 11.4. The maximum absolute atomic E-state index is 11.5. The van der Waals surface area contributed by atoms with E-state index in [4.69, 9.17) is 11.5 Å². The summed E-state index contributed by atoms with van der Waals surface area (Å²) in [5, 5.41) is 0. The predicted octanol–water partition coefficient (Wildman–Crippen LogP) is 1.78. The number of aromatic nitrogens is 1. The fourth-order valence-electron chi connectivity index (χ4n) is 2.75. The fourth-order valence-corrected chi connectivity index (χ4v) is 2.75. The van der Waals surface area contributed by atoms with Crippen LogP contribution in [-0.4, -0.2) is 24.0 Å². The van der Waals surface area contributed by atoms with Crippen LogP contribution >= 0.6 is 0 Å². The van der Waals surface area contributed by atoms with Gasteiger partial charge < -0.3 is 16.4 Å². The molecule has 19 heavy (non-hydrogen) atoms. The van der Waals surface area contributed by atoms with E-state index in [9.17, 15) is 4.79 Å². The first-order chi connectivity index (χ1) is 9.11. The van der Waals surface area contributed by atoms with Crippen molar-refractivity contribution in [3.63, 3.8) is 0 Å². The van der Waals surface area contributed by atoms with Crippen molar-refractivity contribution < 1.29 is 4.79 Å². The van der Waals surface area contributed by atoms with E-state index in [0.717, 1.165) is 31.8 Å². The molecule has 1 aliphatic heterocycles. The third-order valence-corrected chi connectivity index (χ3v) is 3.76. The summed E-state index contributed by atoms with van der Waals surface area (Å²) < 4.78 is 0. The van der Waals surface area contributed by atoms with Gasteiger partial charge in [-0.25, -0.2) is 4.98 Å². The predicted molar refractivity (Wildman–Crippen MR) is 77.0 cm³/mol. The Morgan fingerprint density at radius 3 is 2.74 bits per heavy atom. The molecule has 1 aliphatic rings. The molecule has 1 amide bonds. The van der Waals surface area contributed by atoms with Crippen LogP contribution in [0.2, 0.25) is 0 Å². The van der Waals surface area contributed by atoms with E-state index in [-0.39, 0.29) is 0 Å². The number of carbonyl (C=O) groups excluding carboxylic acids is 1. The van der Waals surface area contributed by atoms with Crippen molar-refractivity contribution >= 4 is 17.4 Å². The molecule has 0 radical (unpaired) electrons. The normalized spacial score (nSPS) is 16.6. The number of nitrogens with two attached hydrogens (primary N) is 2. The Balaban J connectivity index is 2.13. The van der Waals surface area contributed by atoms with Crippen molar-refractivity contribution in [2.45, 2.75) is 32.6 Å². The molecule has 0 saturated carbocycles. The molecule has 5 heteroatoms. The number of rotatable bonds is 4. The van der Waals surface area contributed by atoms with Crippen LogP contribution < -0.4 is 16.4 Å². The quantitative estimate of drug-likeness (QED) is 0.866. The van der Waals surface area contributed by atoms with Gasteiger partial charge in [0.2, 0.25) is 0 Å². The van der Waals surface area contributed by atoms with Crippen LogP contribution in [0.15, 0.2) is 12.3 Å². The molecule has 0 bridgehead atoms. The molecule has 1 aromatic rings. The average Bonchev–Trinajstić information content (AvgIpc) is 2.40. The Morgan fingerprint density at radius 2 is 2.16 bits per heavy atom. The van der Waals surface area contributed by atoms with E-state index >= 15 is 0 Å².